The highest BCUT2D eigenvalue weighted by Gasteiger charge is 2.57. The molecule has 244 valence electrons. The van der Waals surface area contributed by atoms with Crippen molar-refractivity contribution in [2.75, 3.05) is 6.54 Å². The molecule has 2 aromatic rings. The molecule has 0 unspecified atom stereocenters. The summed E-state index contributed by atoms with van der Waals surface area (Å²) in [4.78, 5) is 39.7. The molecule has 0 bridgehead atoms. The van der Waals surface area contributed by atoms with Crippen molar-refractivity contribution in [3.8, 4) is 5.75 Å². The quantitative estimate of drug-likeness (QED) is 0.0815. The Labute approximate surface area is 272 Å². The van der Waals surface area contributed by atoms with E-state index in [1.807, 2.05) is 44.2 Å². The number of allylic oxidation sites excluding steroid dienone is 2. The van der Waals surface area contributed by atoms with Gasteiger partial charge in [-0.2, -0.15) is 0 Å². The van der Waals surface area contributed by atoms with Crippen molar-refractivity contribution >= 4 is 36.6 Å². The van der Waals surface area contributed by atoms with E-state index in [1.54, 1.807) is 0 Å². The van der Waals surface area contributed by atoms with Crippen LogP contribution in [0.25, 0.3) is 11.6 Å². The first-order chi connectivity index (χ1) is 22.0. The van der Waals surface area contributed by atoms with Gasteiger partial charge in [-0.1, -0.05) is 62.2 Å². The molecule has 2 aromatic carbocycles. The van der Waals surface area contributed by atoms with E-state index < -0.39 is 31.0 Å². The lowest BCUT2D eigenvalue weighted by Crippen LogP contribution is -2.46. The minimum Gasteiger partial charge on any atom is -0.507 e. The first kappa shape index (κ1) is 33.7. The van der Waals surface area contributed by atoms with E-state index in [-0.39, 0.29) is 36.4 Å². The van der Waals surface area contributed by atoms with Crippen LogP contribution >= 0.6 is 0 Å². The second-order valence-electron chi connectivity index (χ2n) is 13.5. The Morgan fingerprint density at radius 1 is 1.02 bits per heavy atom. The van der Waals surface area contributed by atoms with Gasteiger partial charge in [0.1, 0.15) is 5.75 Å². The van der Waals surface area contributed by atoms with E-state index in [9.17, 15) is 24.5 Å². The average Bonchev–Trinajstić information content (AvgIpc) is 3.25. The van der Waals surface area contributed by atoms with E-state index in [2.05, 4.69) is 32.1 Å². The molecule has 46 heavy (non-hydrogen) atoms. The number of fused-ring (bicyclic) bond motifs is 3. The zero-order valence-corrected chi connectivity index (χ0v) is 27.4. The number of aryl methyl sites for hydroxylation is 2. The summed E-state index contributed by atoms with van der Waals surface area (Å²) < 4.78 is 6.25. The number of phenols is 1. The fraction of sp³-hybridized carbons (Fsp3) is 0.486. The maximum absolute atomic E-state index is 13.8. The number of carbonyl (C=O) groups is 3. The number of rotatable bonds is 12. The molecule has 8 nitrogen and oxygen atoms in total. The first-order valence-electron chi connectivity index (χ1n) is 16.7. The molecule has 0 aromatic heterocycles. The van der Waals surface area contributed by atoms with Crippen LogP contribution in [0.15, 0.2) is 53.6 Å². The number of imide groups is 1. The van der Waals surface area contributed by atoms with Crippen LogP contribution in [-0.2, 0) is 19.0 Å². The molecule has 2 saturated heterocycles. The smallest absolute Gasteiger partial charge is 0.455 e. The van der Waals surface area contributed by atoms with Crippen LogP contribution in [0.3, 0.4) is 0 Å². The van der Waals surface area contributed by atoms with Gasteiger partial charge in [0, 0.05) is 13.0 Å². The molecule has 5 rings (SSSR count). The van der Waals surface area contributed by atoms with E-state index in [0.717, 1.165) is 39.0 Å². The Hall–Kier alpha value is -3.69. The van der Waals surface area contributed by atoms with Gasteiger partial charge in [-0.25, -0.2) is 0 Å². The van der Waals surface area contributed by atoms with Crippen LogP contribution in [0.2, 0.25) is 6.32 Å². The van der Waals surface area contributed by atoms with Gasteiger partial charge >= 0.3 is 13.1 Å². The number of amides is 2. The van der Waals surface area contributed by atoms with Crippen LogP contribution in [-0.4, -0.2) is 57.7 Å². The molecule has 9 heteroatoms. The molecule has 0 radical (unpaired) electrons. The van der Waals surface area contributed by atoms with Crippen molar-refractivity contribution in [2.24, 2.45) is 23.7 Å². The summed E-state index contributed by atoms with van der Waals surface area (Å²) >= 11 is 0. The molecular formula is C37H46BNO7. The van der Waals surface area contributed by atoms with Crippen LogP contribution in [0.4, 0.5) is 0 Å². The topological polar surface area (TPSA) is 124 Å². The van der Waals surface area contributed by atoms with E-state index in [4.69, 9.17) is 9.76 Å². The maximum Gasteiger partial charge on any atom is 0.455 e. The number of unbranched alkanes of at least 4 members (excludes halogenated alkanes) is 2. The molecule has 2 fully saturated rings. The van der Waals surface area contributed by atoms with Crippen molar-refractivity contribution in [3.63, 3.8) is 0 Å². The van der Waals surface area contributed by atoms with Crippen molar-refractivity contribution in [1.82, 2.24) is 4.90 Å². The summed E-state index contributed by atoms with van der Waals surface area (Å²) in [5, 5.41) is 30.2. The standard InChI is InChI=1S/C37H46BNO7/c1-22(2)28-20-29-34(37(44)39(36(29)43)16-10-6-9-13-32(40)41)30-21-38(45)46-31(33(28)30)15-14-27(26-11-7-5-8-12-26)19-25-17-23(3)35(42)24(4)18-25/h5,7-8,11-12,17-19,22,29-31,34,42,45H,6,9-10,13-16,20-21H2,1-4H3,(H,40,41)/b27-19-/t29-,30+,31-,34-/m1/s1. The third kappa shape index (κ3) is 7.16. The van der Waals surface area contributed by atoms with Gasteiger partial charge < -0.3 is 19.9 Å². The lowest BCUT2D eigenvalue weighted by molar-refractivity contribution is -0.141. The third-order valence-electron chi connectivity index (χ3n) is 9.98. The van der Waals surface area contributed by atoms with Crippen molar-refractivity contribution in [1.29, 1.82) is 0 Å². The largest absolute Gasteiger partial charge is 0.507 e. The Balaban J connectivity index is 1.41. The summed E-state index contributed by atoms with van der Waals surface area (Å²) in [6.45, 7) is 8.33. The van der Waals surface area contributed by atoms with Gasteiger partial charge in [0.25, 0.3) is 0 Å². The average molecular weight is 628 g/mol. The summed E-state index contributed by atoms with van der Waals surface area (Å²) in [6.07, 6.45) is 5.61. The van der Waals surface area contributed by atoms with E-state index in [0.29, 0.717) is 50.8 Å². The lowest BCUT2D eigenvalue weighted by atomic mass is 9.57. The number of likely N-dealkylation sites (tertiary alicyclic amines) is 1. The number of hydrogen-bond donors (Lipinski definition) is 3. The van der Waals surface area contributed by atoms with Crippen LogP contribution in [0.5, 0.6) is 5.75 Å². The van der Waals surface area contributed by atoms with Crippen molar-refractivity contribution in [2.45, 2.75) is 85.1 Å². The molecule has 4 atom stereocenters. The Morgan fingerprint density at radius 3 is 2.37 bits per heavy atom. The van der Waals surface area contributed by atoms with E-state index >= 15 is 0 Å². The number of aromatic hydroxyl groups is 1. The summed E-state index contributed by atoms with van der Waals surface area (Å²) in [6, 6.07) is 14.1. The molecule has 0 spiro atoms. The minimum absolute atomic E-state index is 0.0783. The molecule has 2 amide bonds. The summed E-state index contributed by atoms with van der Waals surface area (Å²) in [5.74, 6) is -1.93. The van der Waals surface area contributed by atoms with Crippen molar-refractivity contribution in [3.05, 3.63) is 75.9 Å². The van der Waals surface area contributed by atoms with Crippen LogP contribution < -0.4 is 0 Å². The van der Waals surface area contributed by atoms with Gasteiger partial charge in [0.05, 0.1) is 17.9 Å². The molecule has 1 aliphatic carbocycles. The van der Waals surface area contributed by atoms with Gasteiger partial charge in [-0.3, -0.25) is 19.3 Å². The number of nitrogens with zero attached hydrogens (tertiary/aromatic N) is 1. The molecule has 2 aliphatic heterocycles. The number of hydrogen-bond acceptors (Lipinski definition) is 6. The summed E-state index contributed by atoms with van der Waals surface area (Å²) in [5.41, 5.74) is 7.04. The van der Waals surface area contributed by atoms with E-state index in [1.165, 1.54) is 4.90 Å². The third-order valence-corrected chi connectivity index (χ3v) is 9.98. The Morgan fingerprint density at radius 2 is 1.72 bits per heavy atom. The normalized spacial score (nSPS) is 23.3. The molecule has 3 N–H and O–H groups in total. The van der Waals surface area contributed by atoms with Gasteiger partial charge in [-0.15, -0.1) is 0 Å². The molecule has 2 heterocycles. The highest BCUT2D eigenvalue weighted by molar-refractivity contribution is 6.43. The number of benzene rings is 2. The van der Waals surface area contributed by atoms with Crippen LogP contribution in [0, 0.1) is 37.5 Å². The zero-order valence-electron chi connectivity index (χ0n) is 27.4. The first-order valence-corrected chi connectivity index (χ1v) is 16.7. The van der Waals surface area contributed by atoms with Crippen molar-refractivity contribution < 1.29 is 34.3 Å². The van der Waals surface area contributed by atoms with Gasteiger partial charge in [0.2, 0.25) is 11.8 Å². The second-order valence-corrected chi connectivity index (χ2v) is 13.5. The fourth-order valence-electron chi connectivity index (χ4n) is 7.77. The van der Waals surface area contributed by atoms with Gasteiger partial charge in [-0.05, 0) is 110 Å². The maximum atomic E-state index is 13.8. The Bertz CT molecular complexity index is 1510. The lowest BCUT2D eigenvalue weighted by Gasteiger charge is -2.44. The highest BCUT2D eigenvalue weighted by Crippen LogP contribution is 2.52. The van der Waals surface area contributed by atoms with Crippen LogP contribution in [0.1, 0.15) is 81.0 Å². The molecule has 0 saturated carbocycles. The number of carboxylic acid groups (broad SMARTS) is 1. The molecular weight excluding hydrogens is 581 g/mol. The predicted molar refractivity (Wildman–Crippen MR) is 179 cm³/mol. The number of aliphatic carboxylic acids is 1. The minimum atomic E-state index is -1.04. The fourth-order valence-corrected chi connectivity index (χ4v) is 7.77. The highest BCUT2D eigenvalue weighted by atomic mass is 16.5. The Kier molecular flexibility index (Phi) is 10.5. The summed E-state index contributed by atoms with van der Waals surface area (Å²) in [7, 11) is -1.04. The molecule has 3 aliphatic rings. The number of phenolic OH excluding ortho intramolecular Hbond substituents is 1. The van der Waals surface area contributed by atoms with Gasteiger partial charge in [0.15, 0.2) is 0 Å². The monoisotopic (exact) mass is 627 g/mol. The SMILES string of the molecule is Cc1cc(/C=C(/CC[C@H]2OB(O)C[C@H]3C2=C(C(C)C)C[C@H]2C(=O)N(CCCCCC(=O)O)C(=O)[C@H]23)c2ccccc2)cc(C)c1O. The second kappa shape index (κ2) is 14.4. The zero-order chi connectivity index (χ0) is 33.1. The number of carboxylic acids is 1. The predicted octanol–water partition coefficient (Wildman–Crippen LogP) is 6.43. The number of carbonyl (C=O) groups excluding carboxylic acids is 2.